The first-order valence-corrected chi connectivity index (χ1v) is 6.14. The topological polar surface area (TPSA) is 64.0 Å². The number of carbonyl (C=O) groups excluding carboxylic acids is 2. The van der Waals surface area contributed by atoms with Gasteiger partial charge in [0.05, 0.1) is 17.0 Å². The van der Waals surface area contributed by atoms with Crippen LogP contribution in [0, 0.1) is 12.3 Å². The number of nitrogens with one attached hydrogen (secondary N) is 1. The van der Waals surface area contributed by atoms with Gasteiger partial charge in [-0.3, -0.25) is 14.3 Å². The molecule has 1 aromatic heterocycles. The van der Waals surface area contributed by atoms with Crippen molar-refractivity contribution in [3.8, 4) is 0 Å². The molecule has 1 aliphatic carbocycles. The lowest BCUT2D eigenvalue weighted by Gasteiger charge is -2.29. The molecule has 1 N–H and O–H groups in total. The molecule has 0 saturated carbocycles. The molecule has 0 spiro atoms. The van der Waals surface area contributed by atoms with Crippen molar-refractivity contribution in [3.05, 3.63) is 17.0 Å². The Morgan fingerprint density at radius 2 is 2.11 bits per heavy atom. The predicted molar refractivity (Wildman–Crippen MR) is 67.5 cm³/mol. The first-order valence-electron chi connectivity index (χ1n) is 6.14. The summed E-state index contributed by atoms with van der Waals surface area (Å²) in [6, 6.07) is 0. The molecule has 0 aromatic carbocycles. The number of fused-ring (bicyclic) bond motifs is 1. The van der Waals surface area contributed by atoms with E-state index in [1.54, 1.807) is 11.7 Å². The van der Waals surface area contributed by atoms with Gasteiger partial charge < -0.3 is 5.32 Å². The third-order valence-electron chi connectivity index (χ3n) is 3.37. The molecule has 1 aliphatic rings. The van der Waals surface area contributed by atoms with E-state index in [4.69, 9.17) is 0 Å². The minimum absolute atomic E-state index is 0.0585. The maximum absolute atomic E-state index is 12.1. The smallest absolute Gasteiger partial charge is 0.241 e. The summed E-state index contributed by atoms with van der Waals surface area (Å²) in [4.78, 5) is 23.6. The average Bonchev–Trinajstić information content (AvgIpc) is 2.53. The molecule has 18 heavy (non-hydrogen) atoms. The van der Waals surface area contributed by atoms with Gasteiger partial charge in [-0.1, -0.05) is 13.8 Å². The summed E-state index contributed by atoms with van der Waals surface area (Å²) in [7, 11) is 1.60. The summed E-state index contributed by atoms with van der Waals surface area (Å²) in [5.41, 5.74) is 2.29. The summed E-state index contributed by atoms with van der Waals surface area (Å²) in [5, 5.41) is 6.91. The average molecular weight is 249 g/mol. The second-order valence-corrected chi connectivity index (χ2v) is 5.68. The molecule has 0 saturated heterocycles. The number of hydrogen-bond donors (Lipinski definition) is 1. The Morgan fingerprint density at radius 3 is 2.72 bits per heavy atom. The van der Waals surface area contributed by atoms with E-state index in [0.29, 0.717) is 6.42 Å². The van der Waals surface area contributed by atoms with Gasteiger partial charge >= 0.3 is 0 Å². The predicted octanol–water partition coefficient (Wildman–Crippen LogP) is 1.09. The van der Waals surface area contributed by atoms with E-state index in [9.17, 15) is 9.59 Å². The number of hydrogen-bond acceptors (Lipinski definition) is 3. The van der Waals surface area contributed by atoms with E-state index in [2.05, 4.69) is 24.3 Å². The highest BCUT2D eigenvalue weighted by molar-refractivity contribution is 5.99. The quantitative estimate of drug-likeness (QED) is 0.853. The van der Waals surface area contributed by atoms with E-state index in [1.807, 2.05) is 6.92 Å². The lowest BCUT2D eigenvalue weighted by molar-refractivity contribution is -0.121. The minimum atomic E-state index is -0.101. The van der Waals surface area contributed by atoms with Crippen molar-refractivity contribution in [1.29, 1.82) is 0 Å². The molecule has 1 aromatic rings. The first kappa shape index (κ1) is 12.8. The number of ketones is 1. The Hall–Kier alpha value is -1.65. The fraction of sp³-hybridized carbons (Fsp3) is 0.615. The Morgan fingerprint density at radius 1 is 1.44 bits per heavy atom. The van der Waals surface area contributed by atoms with Gasteiger partial charge in [0.25, 0.3) is 0 Å². The van der Waals surface area contributed by atoms with Crippen molar-refractivity contribution in [1.82, 2.24) is 15.1 Å². The van der Waals surface area contributed by atoms with Gasteiger partial charge in [-0.15, -0.1) is 0 Å². The summed E-state index contributed by atoms with van der Waals surface area (Å²) in [6.07, 6.45) is 1.33. The molecule has 0 fully saturated rings. The Balaban J connectivity index is 2.44. The van der Waals surface area contributed by atoms with Crippen LogP contribution < -0.4 is 5.32 Å². The fourth-order valence-electron chi connectivity index (χ4n) is 2.56. The van der Waals surface area contributed by atoms with Crippen molar-refractivity contribution in [3.63, 3.8) is 0 Å². The third kappa shape index (κ3) is 2.17. The largest absolute Gasteiger partial charge is 0.358 e. The van der Waals surface area contributed by atoms with E-state index < -0.39 is 0 Å². The number of rotatable bonds is 2. The van der Waals surface area contributed by atoms with Crippen LogP contribution in [0.4, 0.5) is 0 Å². The maximum atomic E-state index is 12.1. The van der Waals surface area contributed by atoms with E-state index in [1.165, 1.54) is 0 Å². The minimum Gasteiger partial charge on any atom is -0.358 e. The molecular weight excluding hydrogens is 230 g/mol. The van der Waals surface area contributed by atoms with Crippen molar-refractivity contribution >= 4 is 11.7 Å². The second kappa shape index (κ2) is 4.23. The Labute approximate surface area is 107 Å². The van der Waals surface area contributed by atoms with Gasteiger partial charge in [0.1, 0.15) is 6.54 Å². The lowest BCUT2D eigenvalue weighted by atomic mass is 9.75. The van der Waals surface area contributed by atoms with E-state index >= 15 is 0 Å². The zero-order valence-corrected chi connectivity index (χ0v) is 11.3. The standard InChI is InChI=1S/C13H19N3O2/c1-8-12-9(5-13(2,3)6-10(12)17)16(15-8)7-11(18)14-4/h5-7H2,1-4H3,(H,14,18). The van der Waals surface area contributed by atoms with Crippen molar-refractivity contribution in [2.45, 2.75) is 40.2 Å². The molecule has 0 unspecified atom stereocenters. The van der Waals surface area contributed by atoms with Gasteiger partial charge in [0.2, 0.25) is 5.91 Å². The Bertz CT molecular complexity index is 515. The van der Waals surface area contributed by atoms with E-state index in [-0.39, 0.29) is 23.7 Å². The summed E-state index contributed by atoms with van der Waals surface area (Å²) >= 11 is 0. The first-order chi connectivity index (χ1) is 8.34. The summed E-state index contributed by atoms with van der Waals surface area (Å²) in [5.74, 6) is 0.0398. The lowest BCUT2D eigenvalue weighted by Crippen LogP contribution is -2.30. The number of nitrogens with zero attached hydrogens (tertiary/aromatic N) is 2. The van der Waals surface area contributed by atoms with Crippen molar-refractivity contribution < 1.29 is 9.59 Å². The van der Waals surface area contributed by atoms with Crippen LogP contribution >= 0.6 is 0 Å². The molecule has 1 amide bonds. The number of likely N-dealkylation sites (N-methyl/N-ethyl adjacent to an activating group) is 1. The molecule has 0 bridgehead atoms. The number of aryl methyl sites for hydroxylation is 1. The molecule has 1 heterocycles. The molecule has 0 radical (unpaired) electrons. The van der Waals surface area contributed by atoms with Crippen LogP contribution in [0.2, 0.25) is 0 Å². The van der Waals surface area contributed by atoms with Crippen molar-refractivity contribution in [2.75, 3.05) is 7.05 Å². The number of Topliss-reactive ketones (excluding diaryl/α,β-unsaturated/α-hetero) is 1. The SMILES string of the molecule is CNC(=O)Cn1nc(C)c2c1CC(C)(C)CC2=O. The number of carbonyl (C=O) groups is 2. The normalized spacial score (nSPS) is 17.4. The number of aromatic nitrogens is 2. The molecular formula is C13H19N3O2. The zero-order valence-electron chi connectivity index (χ0n) is 11.3. The molecule has 2 rings (SSSR count). The monoisotopic (exact) mass is 249 g/mol. The highest BCUT2D eigenvalue weighted by Gasteiger charge is 2.35. The molecule has 5 nitrogen and oxygen atoms in total. The molecule has 5 heteroatoms. The van der Waals surface area contributed by atoms with Crippen LogP contribution in [0.5, 0.6) is 0 Å². The highest BCUT2D eigenvalue weighted by atomic mass is 16.2. The molecule has 0 atom stereocenters. The molecule has 98 valence electrons. The number of amides is 1. The summed E-state index contributed by atoms with van der Waals surface area (Å²) in [6.45, 7) is 6.15. The van der Waals surface area contributed by atoms with E-state index in [0.717, 1.165) is 23.4 Å². The highest BCUT2D eigenvalue weighted by Crippen LogP contribution is 2.35. The van der Waals surface area contributed by atoms with Crippen LogP contribution in [0.25, 0.3) is 0 Å². The summed E-state index contributed by atoms with van der Waals surface area (Å²) < 4.78 is 1.67. The van der Waals surface area contributed by atoms with Crippen LogP contribution in [0.1, 0.15) is 42.0 Å². The molecule has 0 aliphatic heterocycles. The van der Waals surface area contributed by atoms with Gasteiger partial charge in [-0.2, -0.15) is 5.10 Å². The Kier molecular flexibility index (Phi) is 3.00. The van der Waals surface area contributed by atoms with Gasteiger partial charge in [0, 0.05) is 13.5 Å². The van der Waals surface area contributed by atoms with Crippen molar-refractivity contribution in [2.24, 2.45) is 5.41 Å². The van der Waals surface area contributed by atoms with Gasteiger partial charge in [-0.05, 0) is 18.8 Å². The fourth-order valence-corrected chi connectivity index (χ4v) is 2.56. The van der Waals surface area contributed by atoms with Gasteiger partial charge in [0.15, 0.2) is 5.78 Å². The van der Waals surface area contributed by atoms with Crippen LogP contribution in [-0.2, 0) is 17.8 Å². The van der Waals surface area contributed by atoms with Crippen LogP contribution in [0.3, 0.4) is 0 Å². The second-order valence-electron chi connectivity index (χ2n) is 5.68. The van der Waals surface area contributed by atoms with Crippen LogP contribution in [0.15, 0.2) is 0 Å². The maximum Gasteiger partial charge on any atom is 0.241 e. The third-order valence-corrected chi connectivity index (χ3v) is 3.37. The zero-order chi connectivity index (χ0) is 13.5. The van der Waals surface area contributed by atoms with Gasteiger partial charge in [-0.25, -0.2) is 0 Å². The van der Waals surface area contributed by atoms with Crippen LogP contribution in [-0.4, -0.2) is 28.5 Å².